The maximum absolute atomic E-state index is 12.5. The minimum Gasteiger partial charge on any atom is -0.496 e. The van der Waals surface area contributed by atoms with Crippen molar-refractivity contribution in [3.05, 3.63) is 57.6 Å². The lowest BCUT2D eigenvalue weighted by atomic mass is 10.1. The lowest BCUT2D eigenvalue weighted by molar-refractivity contribution is 0.411. The second-order valence-electron chi connectivity index (χ2n) is 4.41. The molecule has 0 aromatic heterocycles. The summed E-state index contributed by atoms with van der Waals surface area (Å²) in [5, 5.41) is 0.942. The Balaban J connectivity index is 2.32. The molecule has 3 nitrogen and oxygen atoms in total. The summed E-state index contributed by atoms with van der Waals surface area (Å²) in [6.07, 6.45) is 0. The zero-order valence-corrected chi connectivity index (χ0v) is 13.8. The maximum atomic E-state index is 12.5. The quantitative estimate of drug-likeness (QED) is 0.898. The summed E-state index contributed by atoms with van der Waals surface area (Å²) in [5.74, 6) is 0.968. The number of hydrogen-bond donors (Lipinski definition) is 1. The Labute approximate surface area is 136 Å². The fourth-order valence-corrected chi connectivity index (χ4v) is 3.76. The average Bonchev–Trinajstić information content (AvgIpc) is 2.49. The van der Waals surface area contributed by atoms with Gasteiger partial charge in [-0.3, -0.25) is 4.21 Å². The number of rotatable bonds is 5. The Morgan fingerprint density at radius 3 is 2.62 bits per heavy atom. The molecular weight excluding hydrogens is 329 g/mol. The molecule has 2 aromatic carbocycles. The van der Waals surface area contributed by atoms with Gasteiger partial charge in [0.05, 0.1) is 33.6 Å². The highest BCUT2D eigenvalue weighted by atomic mass is 35.5. The summed E-state index contributed by atoms with van der Waals surface area (Å²) in [4.78, 5) is 0.518. The first kappa shape index (κ1) is 16.3. The van der Waals surface area contributed by atoms with E-state index in [1.807, 2.05) is 18.2 Å². The van der Waals surface area contributed by atoms with E-state index in [0.717, 1.165) is 11.1 Å². The molecule has 2 aromatic rings. The largest absolute Gasteiger partial charge is 0.496 e. The van der Waals surface area contributed by atoms with Gasteiger partial charge in [-0.1, -0.05) is 29.3 Å². The molecule has 112 valence electrons. The topological polar surface area (TPSA) is 52.3 Å². The highest BCUT2D eigenvalue weighted by Crippen LogP contribution is 2.28. The predicted molar refractivity (Wildman–Crippen MR) is 87.5 cm³/mol. The van der Waals surface area contributed by atoms with Gasteiger partial charge >= 0.3 is 0 Å². The van der Waals surface area contributed by atoms with E-state index in [2.05, 4.69) is 0 Å². The molecule has 0 aliphatic heterocycles. The molecular formula is C15H15Cl2NO2S. The molecule has 0 aliphatic rings. The number of nitrogens with two attached hydrogens (primary N) is 1. The fourth-order valence-electron chi connectivity index (χ4n) is 1.94. The Kier molecular flexibility index (Phi) is 5.65. The fraction of sp³-hybridized carbons (Fsp3) is 0.200. The normalized spacial score (nSPS) is 12.2. The van der Waals surface area contributed by atoms with Crippen LogP contribution in [0.1, 0.15) is 11.1 Å². The van der Waals surface area contributed by atoms with Gasteiger partial charge in [-0.05, 0) is 35.9 Å². The highest BCUT2D eigenvalue weighted by molar-refractivity contribution is 7.84. The van der Waals surface area contributed by atoms with Gasteiger partial charge < -0.3 is 10.5 Å². The van der Waals surface area contributed by atoms with E-state index in [-0.39, 0.29) is 5.75 Å². The van der Waals surface area contributed by atoms with Gasteiger partial charge in [0.25, 0.3) is 0 Å². The lowest BCUT2D eigenvalue weighted by Crippen LogP contribution is -2.03. The summed E-state index contributed by atoms with van der Waals surface area (Å²) in [6.45, 7) is 0.418. The molecule has 1 atom stereocenters. The summed E-state index contributed by atoms with van der Waals surface area (Å²) in [5.41, 5.74) is 7.43. The second-order valence-corrected chi connectivity index (χ2v) is 6.68. The molecule has 1 unspecified atom stereocenters. The number of methoxy groups -OCH3 is 1. The zero-order chi connectivity index (χ0) is 15.4. The van der Waals surface area contributed by atoms with Crippen LogP contribution < -0.4 is 10.5 Å². The van der Waals surface area contributed by atoms with Crippen molar-refractivity contribution in [2.24, 2.45) is 5.73 Å². The van der Waals surface area contributed by atoms with Crippen LogP contribution in [0.5, 0.6) is 5.75 Å². The van der Waals surface area contributed by atoms with Crippen LogP contribution in [0.25, 0.3) is 0 Å². The summed E-state index contributed by atoms with van der Waals surface area (Å²) in [7, 11) is 0.264. The van der Waals surface area contributed by atoms with Crippen LogP contribution in [0.2, 0.25) is 10.0 Å². The van der Waals surface area contributed by atoms with Crippen LogP contribution >= 0.6 is 23.2 Å². The van der Waals surface area contributed by atoms with Gasteiger partial charge in [-0.2, -0.15) is 0 Å². The predicted octanol–water partition coefficient (Wildman–Crippen LogP) is 3.77. The number of benzene rings is 2. The molecule has 0 saturated carbocycles. The van der Waals surface area contributed by atoms with E-state index in [9.17, 15) is 4.21 Å². The van der Waals surface area contributed by atoms with E-state index in [1.165, 1.54) is 0 Å². The van der Waals surface area contributed by atoms with Crippen LogP contribution in [-0.4, -0.2) is 11.3 Å². The minimum atomic E-state index is -1.32. The summed E-state index contributed by atoms with van der Waals surface area (Å²) >= 11 is 12.0. The Bertz CT molecular complexity index is 677. The standard InChI is InChI=1S/C15H15Cl2NO2S/c1-20-14-5-2-10(8-18)6-11(14)9-21(19)15-7-12(16)3-4-13(15)17/h2-7H,8-9,18H2,1H3. The van der Waals surface area contributed by atoms with Crippen LogP contribution in [0.4, 0.5) is 0 Å². The van der Waals surface area contributed by atoms with E-state index in [0.29, 0.717) is 27.2 Å². The maximum Gasteiger partial charge on any atom is 0.123 e. The summed E-state index contributed by atoms with van der Waals surface area (Å²) < 4.78 is 17.8. The van der Waals surface area contributed by atoms with Crippen LogP contribution in [-0.2, 0) is 23.1 Å². The minimum absolute atomic E-state index is 0.289. The third-order valence-electron chi connectivity index (χ3n) is 3.01. The molecule has 0 saturated heterocycles. The van der Waals surface area contributed by atoms with E-state index < -0.39 is 10.8 Å². The molecule has 2 rings (SSSR count). The van der Waals surface area contributed by atoms with E-state index in [1.54, 1.807) is 25.3 Å². The van der Waals surface area contributed by atoms with Crippen molar-refractivity contribution in [2.45, 2.75) is 17.2 Å². The Morgan fingerprint density at radius 1 is 1.19 bits per heavy atom. The number of halogens is 2. The molecule has 6 heteroatoms. The van der Waals surface area contributed by atoms with Gasteiger partial charge in [0.2, 0.25) is 0 Å². The first-order chi connectivity index (χ1) is 10.0. The van der Waals surface area contributed by atoms with Crippen molar-refractivity contribution >= 4 is 34.0 Å². The SMILES string of the molecule is COc1ccc(CN)cc1CS(=O)c1cc(Cl)ccc1Cl. The molecule has 0 radical (unpaired) electrons. The molecule has 0 fully saturated rings. The molecule has 0 amide bonds. The Morgan fingerprint density at radius 2 is 1.95 bits per heavy atom. The number of ether oxygens (including phenoxy) is 1. The molecule has 21 heavy (non-hydrogen) atoms. The van der Waals surface area contributed by atoms with Gasteiger partial charge in [-0.25, -0.2) is 0 Å². The van der Waals surface area contributed by atoms with Crippen molar-refractivity contribution in [1.82, 2.24) is 0 Å². The first-order valence-electron chi connectivity index (χ1n) is 6.24. The lowest BCUT2D eigenvalue weighted by Gasteiger charge is -2.11. The highest BCUT2D eigenvalue weighted by Gasteiger charge is 2.13. The van der Waals surface area contributed by atoms with Crippen LogP contribution in [0, 0.1) is 0 Å². The average molecular weight is 344 g/mol. The van der Waals surface area contributed by atoms with E-state index in [4.69, 9.17) is 33.7 Å². The monoisotopic (exact) mass is 343 g/mol. The smallest absolute Gasteiger partial charge is 0.123 e. The van der Waals surface area contributed by atoms with Crippen molar-refractivity contribution in [1.29, 1.82) is 0 Å². The van der Waals surface area contributed by atoms with Crippen molar-refractivity contribution in [2.75, 3.05) is 7.11 Å². The van der Waals surface area contributed by atoms with Gasteiger partial charge in [0.1, 0.15) is 5.75 Å². The van der Waals surface area contributed by atoms with Crippen molar-refractivity contribution < 1.29 is 8.95 Å². The van der Waals surface area contributed by atoms with Crippen molar-refractivity contribution in [3.63, 3.8) is 0 Å². The molecule has 2 N–H and O–H groups in total. The zero-order valence-electron chi connectivity index (χ0n) is 11.4. The van der Waals surface area contributed by atoms with Crippen LogP contribution in [0.15, 0.2) is 41.3 Å². The number of hydrogen-bond acceptors (Lipinski definition) is 3. The molecule has 0 aliphatic carbocycles. The first-order valence-corrected chi connectivity index (χ1v) is 8.32. The van der Waals surface area contributed by atoms with Gasteiger partial charge in [0.15, 0.2) is 0 Å². The van der Waals surface area contributed by atoms with E-state index >= 15 is 0 Å². The second kappa shape index (κ2) is 7.27. The Hall–Kier alpha value is -1.07. The van der Waals surface area contributed by atoms with Crippen LogP contribution in [0.3, 0.4) is 0 Å². The summed E-state index contributed by atoms with van der Waals surface area (Å²) in [6, 6.07) is 10.5. The third kappa shape index (κ3) is 3.98. The van der Waals surface area contributed by atoms with Gasteiger partial charge in [0, 0.05) is 17.1 Å². The third-order valence-corrected chi connectivity index (χ3v) is 5.08. The van der Waals surface area contributed by atoms with Crippen molar-refractivity contribution in [3.8, 4) is 5.75 Å². The molecule has 0 heterocycles. The molecule has 0 bridgehead atoms. The van der Waals surface area contributed by atoms with Gasteiger partial charge in [-0.15, -0.1) is 0 Å². The molecule has 0 spiro atoms.